The molecule has 0 fully saturated rings. The molecule has 5 heteroatoms. The standard InChI is InChI=1S/C14H11BrINO2/c15-11-8-10(16)6-7-12(11)17-13(14(18)19)9-4-2-1-3-5-9/h1-8,13,17H,(H,18,19). The molecule has 0 heterocycles. The zero-order valence-electron chi connectivity index (χ0n) is 9.81. The molecule has 0 saturated carbocycles. The largest absolute Gasteiger partial charge is 0.479 e. The van der Waals surface area contributed by atoms with Crippen molar-refractivity contribution < 1.29 is 9.90 Å². The lowest BCUT2D eigenvalue weighted by Gasteiger charge is -2.17. The molecule has 19 heavy (non-hydrogen) atoms. The van der Waals surface area contributed by atoms with E-state index in [0.717, 1.165) is 19.3 Å². The van der Waals surface area contributed by atoms with Gasteiger partial charge in [0.25, 0.3) is 0 Å². The molecule has 3 nitrogen and oxygen atoms in total. The van der Waals surface area contributed by atoms with Gasteiger partial charge in [0.2, 0.25) is 0 Å². The first-order chi connectivity index (χ1) is 9.08. The minimum absolute atomic E-state index is 0.723. The summed E-state index contributed by atoms with van der Waals surface area (Å²) < 4.78 is 1.93. The predicted molar refractivity (Wildman–Crippen MR) is 87.3 cm³/mol. The van der Waals surface area contributed by atoms with Crippen LogP contribution in [-0.4, -0.2) is 11.1 Å². The Morgan fingerprint density at radius 3 is 2.47 bits per heavy atom. The van der Waals surface area contributed by atoms with Gasteiger partial charge in [-0.05, 0) is 62.3 Å². The smallest absolute Gasteiger partial charge is 0.330 e. The SMILES string of the molecule is O=C(O)C(Nc1ccc(I)cc1Br)c1ccccc1. The summed E-state index contributed by atoms with van der Waals surface area (Å²) in [6.07, 6.45) is 0. The van der Waals surface area contributed by atoms with Crippen molar-refractivity contribution in [3.63, 3.8) is 0 Å². The van der Waals surface area contributed by atoms with Crippen molar-refractivity contribution in [1.82, 2.24) is 0 Å². The van der Waals surface area contributed by atoms with Gasteiger partial charge < -0.3 is 10.4 Å². The highest BCUT2D eigenvalue weighted by Gasteiger charge is 2.20. The highest BCUT2D eigenvalue weighted by molar-refractivity contribution is 14.1. The number of benzene rings is 2. The molecule has 0 aliphatic carbocycles. The maximum Gasteiger partial charge on any atom is 0.330 e. The van der Waals surface area contributed by atoms with Gasteiger partial charge in [-0.25, -0.2) is 4.79 Å². The Labute approximate surface area is 133 Å². The van der Waals surface area contributed by atoms with Gasteiger partial charge in [0.05, 0.1) is 0 Å². The van der Waals surface area contributed by atoms with Gasteiger partial charge in [0, 0.05) is 13.7 Å². The second-order valence-electron chi connectivity index (χ2n) is 3.95. The number of hydrogen-bond donors (Lipinski definition) is 2. The Balaban J connectivity index is 2.29. The Bertz CT molecular complexity index is 589. The lowest BCUT2D eigenvalue weighted by molar-refractivity contribution is -0.138. The van der Waals surface area contributed by atoms with Gasteiger partial charge in [0.15, 0.2) is 6.04 Å². The molecule has 0 saturated heterocycles. The van der Waals surface area contributed by atoms with E-state index in [2.05, 4.69) is 43.8 Å². The van der Waals surface area contributed by atoms with E-state index < -0.39 is 12.0 Å². The van der Waals surface area contributed by atoms with Crippen LogP contribution in [0.2, 0.25) is 0 Å². The Morgan fingerprint density at radius 2 is 1.89 bits per heavy atom. The number of anilines is 1. The molecule has 1 unspecified atom stereocenters. The van der Waals surface area contributed by atoms with Gasteiger partial charge in [-0.2, -0.15) is 0 Å². The summed E-state index contributed by atoms with van der Waals surface area (Å²) >= 11 is 5.64. The lowest BCUT2D eigenvalue weighted by Crippen LogP contribution is -2.20. The van der Waals surface area contributed by atoms with Crippen molar-refractivity contribution in [3.8, 4) is 0 Å². The first-order valence-electron chi connectivity index (χ1n) is 5.57. The summed E-state index contributed by atoms with van der Waals surface area (Å²) in [6, 6.07) is 14.1. The number of hydrogen-bond acceptors (Lipinski definition) is 2. The molecule has 98 valence electrons. The van der Waals surface area contributed by atoms with Crippen molar-refractivity contribution in [2.45, 2.75) is 6.04 Å². The molecule has 0 bridgehead atoms. The number of carboxylic acids is 1. The highest BCUT2D eigenvalue weighted by atomic mass is 127. The molecule has 0 amide bonds. The van der Waals surface area contributed by atoms with Crippen molar-refractivity contribution in [3.05, 3.63) is 62.1 Å². The molecule has 0 aliphatic heterocycles. The topological polar surface area (TPSA) is 49.3 Å². The zero-order chi connectivity index (χ0) is 13.8. The fraction of sp³-hybridized carbons (Fsp3) is 0.0714. The minimum Gasteiger partial charge on any atom is -0.479 e. The average molecular weight is 432 g/mol. The van der Waals surface area contributed by atoms with E-state index in [4.69, 9.17) is 0 Å². The average Bonchev–Trinajstić information content (AvgIpc) is 2.38. The lowest BCUT2D eigenvalue weighted by atomic mass is 10.1. The van der Waals surface area contributed by atoms with E-state index in [1.54, 1.807) is 12.1 Å². The monoisotopic (exact) mass is 431 g/mol. The van der Waals surface area contributed by atoms with Crippen LogP contribution in [0.3, 0.4) is 0 Å². The minimum atomic E-state index is -0.906. The second-order valence-corrected chi connectivity index (χ2v) is 6.05. The molecule has 0 aromatic heterocycles. The Hall–Kier alpha value is -1.08. The highest BCUT2D eigenvalue weighted by Crippen LogP contribution is 2.28. The molecule has 2 rings (SSSR count). The van der Waals surface area contributed by atoms with Gasteiger partial charge in [0.1, 0.15) is 0 Å². The van der Waals surface area contributed by atoms with E-state index in [-0.39, 0.29) is 0 Å². The zero-order valence-corrected chi connectivity index (χ0v) is 13.6. The van der Waals surface area contributed by atoms with E-state index in [0.29, 0.717) is 0 Å². The quantitative estimate of drug-likeness (QED) is 0.710. The van der Waals surface area contributed by atoms with Crippen LogP contribution >= 0.6 is 38.5 Å². The third kappa shape index (κ3) is 3.70. The first-order valence-corrected chi connectivity index (χ1v) is 7.44. The molecular weight excluding hydrogens is 421 g/mol. The number of aliphatic carboxylic acids is 1. The van der Waals surface area contributed by atoms with Crippen LogP contribution in [0.25, 0.3) is 0 Å². The van der Waals surface area contributed by atoms with Crippen molar-refractivity contribution in [2.75, 3.05) is 5.32 Å². The fourth-order valence-electron chi connectivity index (χ4n) is 1.70. The molecule has 0 spiro atoms. The van der Waals surface area contributed by atoms with Crippen LogP contribution in [0.4, 0.5) is 5.69 Å². The third-order valence-electron chi connectivity index (χ3n) is 2.61. The maximum absolute atomic E-state index is 11.4. The summed E-state index contributed by atoms with van der Waals surface area (Å²) in [5, 5.41) is 12.4. The first kappa shape index (κ1) is 14.3. The van der Waals surface area contributed by atoms with E-state index >= 15 is 0 Å². The Morgan fingerprint density at radius 1 is 1.21 bits per heavy atom. The normalized spacial score (nSPS) is 11.9. The van der Waals surface area contributed by atoms with E-state index in [1.165, 1.54) is 0 Å². The van der Waals surface area contributed by atoms with Crippen LogP contribution in [0.15, 0.2) is 53.0 Å². The summed E-state index contributed by atoms with van der Waals surface area (Å²) in [5.74, 6) is -0.906. The third-order valence-corrected chi connectivity index (χ3v) is 3.94. The second kappa shape index (κ2) is 6.38. The van der Waals surface area contributed by atoms with Crippen molar-refractivity contribution >= 4 is 50.2 Å². The van der Waals surface area contributed by atoms with E-state index in [9.17, 15) is 9.90 Å². The van der Waals surface area contributed by atoms with Gasteiger partial charge in [-0.1, -0.05) is 30.3 Å². The molecule has 2 N–H and O–H groups in total. The number of carboxylic acid groups (broad SMARTS) is 1. The predicted octanol–water partition coefficient (Wildman–Crippen LogP) is 4.29. The van der Waals surface area contributed by atoms with Gasteiger partial charge >= 0.3 is 5.97 Å². The summed E-state index contributed by atoms with van der Waals surface area (Å²) in [6.45, 7) is 0. The number of nitrogens with one attached hydrogen (secondary N) is 1. The fourth-order valence-corrected chi connectivity index (χ4v) is 3.11. The molecule has 0 radical (unpaired) electrons. The molecule has 1 atom stereocenters. The van der Waals surface area contributed by atoms with Crippen LogP contribution < -0.4 is 5.32 Å². The van der Waals surface area contributed by atoms with Crippen molar-refractivity contribution in [2.24, 2.45) is 0 Å². The molecule has 2 aromatic carbocycles. The number of carbonyl (C=O) groups is 1. The van der Waals surface area contributed by atoms with Gasteiger partial charge in [-0.15, -0.1) is 0 Å². The molecular formula is C14H11BrINO2. The molecule has 0 aliphatic rings. The van der Waals surface area contributed by atoms with E-state index in [1.807, 2.05) is 36.4 Å². The van der Waals surface area contributed by atoms with Crippen LogP contribution in [-0.2, 0) is 4.79 Å². The van der Waals surface area contributed by atoms with Crippen LogP contribution in [0.5, 0.6) is 0 Å². The Kier molecular flexibility index (Phi) is 4.81. The maximum atomic E-state index is 11.4. The summed E-state index contributed by atoms with van der Waals surface area (Å²) in [7, 11) is 0. The van der Waals surface area contributed by atoms with Crippen molar-refractivity contribution in [1.29, 1.82) is 0 Å². The number of rotatable bonds is 4. The van der Waals surface area contributed by atoms with Gasteiger partial charge in [-0.3, -0.25) is 0 Å². The van der Waals surface area contributed by atoms with Crippen LogP contribution in [0, 0.1) is 3.57 Å². The molecule has 2 aromatic rings. The summed E-state index contributed by atoms with van der Waals surface area (Å²) in [5.41, 5.74) is 1.48. The number of halogens is 2. The summed E-state index contributed by atoms with van der Waals surface area (Å²) in [4.78, 5) is 11.4. The van der Waals surface area contributed by atoms with Crippen LogP contribution in [0.1, 0.15) is 11.6 Å².